The molecule has 0 fully saturated rings. The molecule has 0 saturated heterocycles. The van der Waals surface area contributed by atoms with Crippen LogP contribution < -0.4 is 25.4 Å². The van der Waals surface area contributed by atoms with E-state index in [-0.39, 0.29) is 25.0 Å². The summed E-state index contributed by atoms with van der Waals surface area (Å²) in [6, 6.07) is 8.98. The molecule has 17 heteroatoms. The SMILES string of the molecule is CNCC(=O)NC(C(=O)N1CCc2ccc(OCCOCCOCCOCCOc3cc4ncnc(Nc5n[nH]c(C)c5C)c4cc3S(=O)C(C)(C)C)cc2C1)C(C)(C)C. The van der Waals surface area contributed by atoms with Gasteiger partial charge in [-0.05, 0) is 82.8 Å². The molecule has 0 saturated carbocycles. The van der Waals surface area contributed by atoms with Gasteiger partial charge in [-0.25, -0.2) is 9.97 Å². The summed E-state index contributed by atoms with van der Waals surface area (Å²) in [5.41, 5.74) is 4.36. The number of anilines is 2. The Bertz CT molecular complexity index is 2100. The van der Waals surface area contributed by atoms with Crippen LogP contribution in [0, 0.1) is 19.3 Å². The van der Waals surface area contributed by atoms with Crippen molar-refractivity contribution in [3.63, 3.8) is 0 Å². The van der Waals surface area contributed by atoms with Crippen LogP contribution >= 0.6 is 0 Å². The standard InChI is InChI=1S/C43H62N8O8S/c1-28-29(2)49-50-39(28)48-40-33-23-36(60(54)43(6,7)8)35(24-34(33)45-27-46-40)59-21-19-57-17-15-55-14-16-56-18-20-58-32-11-10-30-12-13-51(26-31(30)22-32)41(53)38(42(3,4)5)47-37(52)25-44-9/h10-11,22-24,27,38,44H,12-21,25-26H2,1-9H3,(H,47,52)(H2,45,46,48,49,50). The molecule has 2 aromatic heterocycles. The fourth-order valence-electron chi connectivity index (χ4n) is 6.46. The highest BCUT2D eigenvalue weighted by Gasteiger charge is 2.36. The summed E-state index contributed by atoms with van der Waals surface area (Å²) >= 11 is 0. The predicted molar refractivity (Wildman–Crippen MR) is 231 cm³/mol. The van der Waals surface area contributed by atoms with E-state index in [9.17, 15) is 13.8 Å². The first kappa shape index (κ1) is 46.4. The predicted octanol–water partition coefficient (Wildman–Crippen LogP) is 4.76. The molecule has 2 aromatic carbocycles. The zero-order valence-corrected chi connectivity index (χ0v) is 37.3. The maximum Gasteiger partial charge on any atom is 0.246 e. The Balaban J connectivity index is 0.991. The largest absolute Gasteiger partial charge is 0.491 e. The molecular formula is C43H62N8O8S. The van der Waals surface area contributed by atoms with Gasteiger partial charge in [0.1, 0.15) is 42.9 Å². The molecule has 2 atom stereocenters. The van der Waals surface area contributed by atoms with Gasteiger partial charge >= 0.3 is 0 Å². The lowest BCUT2D eigenvalue weighted by atomic mass is 9.85. The Morgan fingerprint density at radius 3 is 2.15 bits per heavy atom. The van der Waals surface area contributed by atoms with Crippen molar-refractivity contribution in [3.8, 4) is 11.5 Å². The van der Waals surface area contributed by atoms with Crippen molar-refractivity contribution in [2.75, 3.05) is 78.3 Å². The van der Waals surface area contributed by atoms with Gasteiger partial charge in [0.2, 0.25) is 11.8 Å². The average Bonchev–Trinajstić information content (AvgIpc) is 3.52. The normalized spacial score (nSPS) is 14.1. The van der Waals surface area contributed by atoms with E-state index in [1.165, 1.54) is 11.9 Å². The van der Waals surface area contributed by atoms with Crippen LogP contribution in [0.1, 0.15) is 63.9 Å². The van der Waals surface area contributed by atoms with E-state index in [0.29, 0.717) is 98.3 Å². The molecule has 1 aliphatic heterocycles. The highest BCUT2D eigenvalue weighted by molar-refractivity contribution is 7.86. The van der Waals surface area contributed by atoms with E-state index in [1.54, 1.807) is 13.1 Å². The van der Waals surface area contributed by atoms with Crippen molar-refractivity contribution < 1.29 is 37.5 Å². The first-order valence-corrected chi connectivity index (χ1v) is 21.5. The number of nitrogens with one attached hydrogen (secondary N) is 4. The molecule has 2 unspecified atom stereocenters. The molecule has 2 amide bonds. The summed E-state index contributed by atoms with van der Waals surface area (Å²) in [6.45, 7) is 19.7. The highest BCUT2D eigenvalue weighted by Crippen LogP contribution is 2.35. The summed E-state index contributed by atoms with van der Waals surface area (Å²) < 4.78 is 42.3. The first-order chi connectivity index (χ1) is 28.6. The number of benzene rings is 2. The summed E-state index contributed by atoms with van der Waals surface area (Å²) in [7, 11) is 0.310. The van der Waals surface area contributed by atoms with Crippen molar-refractivity contribution in [2.24, 2.45) is 5.41 Å². The summed E-state index contributed by atoms with van der Waals surface area (Å²) in [4.78, 5) is 37.2. The van der Waals surface area contributed by atoms with E-state index in [2.05, 4.69) is 42.2 Å². The van der Waals surface area contributed by atoms with Crippen LogP contribution in [0.3, 0.4) is 0 Å². The van der Waals surface area contributed by atoms with Crippen LogP contribution in [-0.2, 0) is 47.6 Å². The number of ether oxygens (including phenoxy) is 5. The molecule has 0 radical (unpaired) electrons. The Morgan fingerprint density at radius 2 is 1.53 bits per heavy atom. The quantitative estimate of drug-likeness (QED) is 0.0841. The Hall–Kier alpha value is -4.68. The first-order valence-electron chi connectivity index (χ1n) is 20.4. The third kappa shape index (κ3) is 12.7. The molecule has 60 heavy (non-hydrogen) atoms. The molecule has 4 aromatic rings. The molecule has 3 heterocycles. The monoisotopic (exact) mass is 850 g/mol. The number of aromatic nitrogens is 4. The molecule has 4 N–H and O–H groups in total. The van der Waals surface area contributed by atoms with Gasteiger partial charge < -0.3 is 44.5 Å². The Morgan fingerprint density at radius 1 is 0.867 bits per heavy atom. The van der Waals surface area contributed by atoms with Crippen LogP contribution in [0.2, 0.25) is 0 Å². The lowest BCUT2D eigenvalue weighted by Crippen LogP contribution is -2.56. The van der Waals surface area contributed by atoms with Crippen molar-refractivity contribution in [1.82, 2.24) is 35.7 Å². The second-order valence-corrected chi connectivity index (χ2v) is 18.9. The van der Waals surface area contributed by atoms with E-state index in [0.717, 1.165) is 23.2 Å². The minimum atomic E-state index is -1.39. The molecule has 1 aliphatic rings. The van der Waals surface area contributed by atoms with Crippen LogP contribution in [0.5, 0.6) is 11.5 Å². The van der Waals surface area contributed by atoms with Gasteiger partial charge in [0.15, 0.2) is 5.82 Å². The van der Waals surface area contributed by atoms with E-state index >= 15 is 0 Å². The fourth-order valence-corrected chi connectivity index (χ4v) is 7.64. The number of rotatable bonds is 21. The van der Waals surface area contributed by atoms with E-state index < -0.39 is 27.0 Å². The summed E-state index contributed by atoms with van der Waals surface area (Å²) in [5.74, 6) is 2.13. The van der Waals surface area contributed by atoms with Crippen molar-refractivity contribution in [1.29, 1.82) is 0 Å². The van der Waals surface area contributed by atoms with Crippen LogP contribution in [0.4, 0.5) is 11.6 Å². The molecule has 0 aliphatic carbocycles. The molecular weight excluding hydrogens is 789 g/mol. The second-order valence-electron chi connectivity index (χ2n) is 16.7. The van der Waals surface area contributed by atoms with Crippen LogP contribution in [-0.4, -0.2) is 125 Å². The minimum absolute atomic E-state index is 0.0848. The van der Waals surface area contributed by atoms with Crippen molar-refractivity contribution >= 4 is 45.2 Å². The van der Waals surface area contributed by atoms with Gasteiger partial charge in [0.25, 0.3) is 0 Å². The minimum Gasteiger partial charge on any atom is -0.491 e. The van der Waals surface area contributed by atoms with Crippen molar-refractivity contribution in [3.05, 3.63) is 59.0 Å². The van der Waals surface area contributed by atoms with Gasteiger partial charge in [0, 0.05) is 40.5 Å². The average molecular weight is 851 g/mol. The number of hydrogen-bond acceptors (Lipinski definition) is 13. The van der Waals surface area contributed by atoms with E-state index in [1.807, 2.05) is 78.5 Å². The lowest BCUT2D eigenvalue weighted by Gasteiger charge is -2.37. The molecule has 328 valence electrons. The third-order valence-electron chi connectivity index (χ3n) is 9.93. The highest BCUT2D eigenvalue weighted by atomic mass is 32.2. The summed E-state index contributed by atoms with van der Waals surface area (Å²) in [6.07, 6.45) is 2.21. The molecule has 16 nitrogen and oxygen atoms in total. The van der Waals surface area contributed by atoms with Gasteiger partial charge in [-0.3, -0.25) is 18.9 Å². The Labute approximate surface area is 355 Å². The maximum absolute atomic E-state index is 13.7. The number of likely N-dealkylation sites (N-methyl/N-ethyl adjacent to an activating group) is 1. The zero-order chi connectivity index (χ0) is 43.5. The second kappa shape index (κ2) is 21.2. The van der Waals surface area contributed by atoms with Gasteiger partial charge in [-0.15, -0.1) is 0 Å². The van der Waals surface area contributed by atoms with Gasteiger partial charge in [-0.2, -0.15) is 5.10 Å². The van der Waals surface area contributed by atoms with E-state index in [4.69, 9.17) is 23.7 Å². The number of hydrogen-bond donors (Lipinski definition) is 4. The molecule has 0 spiro atoms. The fraction of sp³-hybridized carbons (Fsp3) is 0.558. The number of aromatic amines is 1. The number of carbonyl (C=O) groups excluding carboxylic acids is 2. The van der Waals surface area contributed by atoms with Crippen LogP contribution in [0.15, 0.2) is 41.6 Å². The zero-order valence-electron chi connectivity index (χ0n) is 36.5. The smallest absolute Gasteiger partial charge is 0.246 e. The number of carbonyl (C=O) groups is 2. The number of H-pyrrole nitrogens is 1. The molecule has 0 bridgehead atoms. The number of aryl methyl sites for hydroxylation is 1. The molecule has 5 rings (SSSR count). The van der Waals surface area contributed by atoms with Gasteiger partial charge in [0.05, 0.1) is 67.4 Å². The van der Waals surface area contributed by atoms with Crippen molar-refractivity contribution in [2.45, 2.75) is 84.0 Å². The summed E-state index contributed by atoms with van der Waals surface area (Å²) in [5, 5.41) is 17.1. The maximum atomic E-state index is 13.7. The number of fused-ring (bicyclic) bond motifs is 2. The van der Waals surface area contributed by atoms with Gasteiger partial charge in [-0.1, -0.05) is 26.8 Å². The Kier molecular flexibility index (Phi) is 16.4. The number of nitrogens with zero attached hydrogens (tertiary/aromatic N) is 4. The lowest BCUT2D eigenvalue weighted by molar-refractivity contribution is -0.140. The topological polar surface area (TPSA) is 191 Å². The third-order valence-corrected chi connectivity index (χ3v) is 11.8. The van der Waals surface area contributed by atoms with Crippen LogP contribution in [0.25, 0.3) is 10.9 Å². The number of amides is 2.